The molecule has 3 aromatic heterocycles. The molecule has 1 N–H and O–H groups in total. The summed E-state index contributed by atoms with van der Waals surface area (Å²) >= 11 is 0. The summed E-state index contributed by atoms with van der Waals surface area (Å²) in [4.78, 5) is 18.7. The zero-order valence-corrected chi connectivity index (χ0v) is 15.5. The first-order valence-electron chi connectivity index (χ1n) is 8.72. The fourth-order valence-corrected chi connectivity index (χ4v) is 3.17. The van der Waals surface area contributed by atoms with E-state index >= 15 is 0 Å². The van der Waals surface area contributed by atoms with Crippen LogP contribution in [0.5, 0.6) is 6.01 Å². The summed E-state index contributed by atoms with van der Waals surface area (Å²) in [5, 5.41) is 9.28. The number of imidazole rings is 1. The molecule has 27 heavy (non-hydrogen) atoms. The second kappa shape index (κ2) is 6.68. The molecule has 1 aromatic carbocycles. The molecule has 0 spiro atoms. The molecule has 0 aliphatic heterocycles. The van der Waals surface area contributed by atoms with Gasteiger partial charge in [-0.25, -0.2) is 19.9 Å². The Bertz CT molecular complexity index is 1100. The number of fused-ring (bicyclic) bond motifs is 1. The van der Waals surface area contributed by atoms with Crippen LogP contribution in [0.2, 0.25) is 0 Å². The first kappa shape index (κ1) is 17.0. The van der Waals surface area contributed by atoms with Crippen molar-refractivity contribution in [3.63, 3.8) is 0 Å². The average molecular weight is 360 g/mol. The Kier molecular flexibility index (Phi) is 4.19. The molecule has 0 unspecified atom stereocenters. The van der Waals surface area contributed by atoms with Gasteiger partial charge in [-0.2, -0.15) is 0 Å². The first-order valence-corrected chi connectivity index (χ1v) is 8.72. The summed E-state index contributed by atoms with van der Waals surface area (Å²) in [5.74, 6) is 0.863. The Balaban J connectivity index is 1.73. The molecular weight excluding hydrogens is 340 g/mol. The molecule has 0 saturated heterocycles. The van der Waals surface area contributed by atoms with Crippen LogP contribution in [0.3, 0.4) is 0 Å². The topological polar surface area (TPSA) is 80.0 Å². The molecule has 3 heterocycles. The molecular formula is C20H20N6O. The third kappa shape index (κ3) is 3.08. The van der Waals surface area contributed by atoms with Gasteiger partial charge in [0, 0.05) is 43.8 Å². The third-order valence-corrected chi connectivity index (χ3v) is 4.73. The molecule has 7 heteroatoms. The fourth-order valence-electron chi connectivity index (χ4n) is 3.17. The summed E-state index contributed by atoms with van der Waals surface area (Å²) in [6.45, 7) is 2.13. The lowest BCUT2D eigenvalue weighted by Gasteiger charge is -2.22. The molecule has 4 rings (SSSR count). The van der Waals surface area contributed by atoms with Crippen LogP contribution in [0.4, 0.5) is 11.5 Å². The predicted octanol–water partition coefficient (Wildman–Crippen LogP) is 3.46. The highest BCUT2D eigenvalue weighted by molar-refractivity contribution is 5.79. The van der Waals surface area contributed by atoms with E-state index < -0.39 is 0 Å². The molecule has 4 aromatic rings. The highest BCUT2D eigenvalue weighted by Crippen LogP contribution is 2.31. The Morgan fingerprint density at radius 2 is 1.78 bits per heavy atom. The van der Waals surface area contributed by atoms with Crippen molar-refractivity contribution in [2.24, 2.45) is 7.05 Å². The smallest absolute Gasteiger partial charge is 0.313 e. The summed E-state index contributed by atoms with van der Waals surface area (Å²) in [5.41, 5.74) is 6.09. The van der Waals surface area contributed by atoms with Gasteiger partial charge in [-0.15, -0.1) is 0 Å². The highest BCUT2D eigenvalue weighted by Gasteiger charge is 2.13. The quantitative estimate of drug-likeness (QED) is 0.600. The number of benzene rings is 1. The molecule has 0 atom stereocenters. The number of hydrogen-bond acceptors (Lipinski definition) is 6. The van der Waals surface area contributed by atoms with Gasteiger partial charge in [-0.3, -0.25) is 0 Å². The van der Waals surface area contributed by atoms with Gasteiger partial charge >= 0.3 is 6.01 Å². The minimum atomic E-state index is -0.220. The first-order chi connectivity index (χ1) is 13.1. The van der Waals surface area contributed by atoms with Crippen LogP contribution in [0.25, 0.3) is 22.2 Å². The minimum absolute atomic E-state index is 0.220. The van der Waals surface area contributed by atoms with Crippen LogP contribution < -0.4 is 4.90 Å². The lowest BCUT2D eigenvalue weighted by Crippen LogP contribution is -2.13. The Morgan fingerprint density at radius 1 is 1.00 bits per heavy atom. The van der Waals surface area contributed by atoms with Gasteiger partial charge in [-0.05, 0) is 29.7 Å². The number of aryl methyl sites for hydroxylation is 2. The molecule has 0 aliphatic rings. The summed E-state index contributed by atoms with van der Waals surface area (Å²) in [6.07, 6.45) is 7.72. The molecule has 0 bridgehead atoms. The van der Waals surface area contributed by atoms with Crippen molar-refractivity contribution < 1.29 is 5.11 Å². The largest absolute Gasteiger partial charge is 0.479 e. The van der Waals surface area contributed by atoms with Crippen molar-refractivity contribution in [1.29, 1.82) is 0 Å². The number of nitrogens with zero attached hydrogens (tertiary/aromatic N) is 6. The van der Waals surface area contributed by atoms with E-state index in [9.17, 15) is 5.11 Å². The molecule has 0 aliphatic carbocycles. The molecule has 7 nitrogen and oxygen atoms in total. The number of rotatable bonds is 4. The second-order valence-electron chi connectivity index (χ2n) is 6.41. The fraction of sp³-hybridized carbons (Fsp3) is 0.200. The standard InChI is InChI=1S/C20H20N6O/c1-4-13-7-14(15-9-22-20(27)23-10-15)5-6-17(13)26(3)19-8-18-16(11-21-19)24-12-25(18)2/h5-12H,4H2,1-3H3,(H,22,23,27). The second-order valence-corrected chi connectivity index (χ2v) is 6.41. The van der Waals surface area contributed by atoms with Crippen LogP contribution in [0.15, 0.2) is 49.2 Å². The van der Waals surface area contributed by atoms with E-state index in [1.165, 1.54) is 5.56 Å². The van der Waals surface area contributed by atoms with E-state index in [0.717, 1.165) is 40.1 Å². The molecule has 0 amide bonds. The molecule has 0 fully saturated rings. The van der Waals surface area contributed by atoms with E-state index in [-0.39, 0.29) is 6.01 Å². The Hall–Kier alpha value is -3.48. The van der Waals surface area contributed by atoms with Crippen LogP contribution in [0.1, 0.15) is 12.5 Å². The van der Waals surface area contributed by atoms with E-state index in [0.29, 0.717) is 0 Å². The number of pyridine rings is 1. The Labute approximate surface area is 157 Å². The van der Waals surface area contributed by atoms with Gasteiger partial charge in [0.25, 0.3) is 0 Å². The Morgan fingerprint density at radius 3 is 2.52 bits per heavy atom. The van der Waals surface area contributed by atoms with E-state index in [1.807, 2.05) is 30.8 Å². The number of aromatic hydroxyl groups is 1. The van der Waals surface area contributed by atoms with Gasteiger partial charge in [0.1, 0.15) is 11.3 Å². The monoisotopic (exact) mass is 360 g/mol. The summed E-state index contributed by atoms with van der Waals surface area (Å²) in [6, 6.07) is 8.06. The lowest BCUT2D eigenvalue weighted by atomic mass is 10.0. The molecule has 0 saturated carbocycles. The normalized spacial score (nSPS) is 11.1. The average Bonchev–Trinajstić information content (AvgIpc) is 3.08. The highest BCUT2D eigenvalue weighted by atomic mass is 16.3. The van der Waals surface area contributed by atoms with Crippen LogP contribution >= 0.6 is 0 Å². The van der Waals surface area contributed by atoms with Crippen molar-refractivity contribution >= 4 is 22.5 Å². The zero-order chi connectivity index (χ0) is 19.0. The maximum Gasteiger partial charge on any atom is 0.313 e. The van der Waals surface area contributed by atoms with Gasteiger partial charge in [-0.1, -0.05) is 13.0 Å². The number of hydrogen-bond donors (Lipinski definition) is 1. The van der Waals surface area contributed by atoms with Crippen molar-refractivity contribution in [1.82, 2.24) is 24.5 Å². The van der Waals surface area contributed by atoms with Crippen molar-refractivity contribution in [3.8, 4) is 17.1 Å². The zero-order valence-electron chi connectivity index (χ0n) is 15.5. The maximum atomic E-state index is 9.28. The third-order valence-electron chi connectivity index (χ3n) is 4.73. The summed E-state index contributed by atoms with van der Waals surface area (Å²) in [7, 11) is 3.99. The van der Waals surface area contributed by atoms with Gasteiger partial charge in [0.2, 0.25) is 0 Å². The minimum Gasteiger partial charge on any atom is -0.479 e. The molecule has 136 valence electrons. The lowest BCUT2D eigenvalue weighted by molar-refractivity contribution is 0.430. The van der Waals surface area contributed by atoms with E-state index in [2.05, 4.69) is 43.9 Å². The molecule has 0 radical (unpaired) electrons. The SMILES string of the molecule is CCc1cc(-c2cnc(O)nc2)ccc1N(C)c1cc2c(cn1)ncn2C. The van der Waals surface area contributed by atoms with Crippen LogP contribution in [0, 0.1) is 0 Å². The van der Waals surface area contributed by atoms with Crippen LogP contribution in [-0.2, 0) is 13.5 Å². The van der Waals surface area contributed by atoms with Crippen molar-refractivity contribution in [2.45, 2.75) is 13.3 Å². The van der Waals surface area contributed by atoms with Crippen molar-refractivity contribution in [3.05, 3.63) is 54.7 Å². The number of anilines is 2. The van der Waals surface area contributed by atoms with Crippen LogP contribution in [-0.4, -0.2) is 36.7 Å². The predicted molar refractivity (Wildman–Crippen MR) is 105 cm³/mol. The van der Waals surface area contributed by atoms with Gasteiger partial charge < -0.3 is 14.6 Å². The van der Waals surface area contributed by atoms with Gasteiger partial charge in [0.15, 0.2) is 0 Å². The van der Waals surface area contributed by atoms with Gasteiger partial charge in [0.05, 0.1) is 18.0 Å². The maximum absolute atomic E-state index is 9.28. The van der Waals surface area contributed by atoms with Crippen molar-refractivity contribution in [2.75, 3.05) is 11.9 Å². The van der Waals surface area contributed by atoms with E-state index in [1.54, 1.807) is 24.9 Å². The summed E-state index contributed by atoms with van der Waals surface area (Å²) < 4.78 is 1.99. The van der Waals surface area contributed by atoms with E-state index in [4.69, 9.17) is 0 Å². The number of aromatic nitrogens is 5.